The molecule has 0 bridgehead atoms. The molecule has 3 N–H and O–H groups in total. The van der Waals surface area contributed by atoms with E-state index in [1.165, 1.54) is 263 Å². The minimum atomic E-state index is -4.96. The number of carbonyl (C=O) groups is 4. The first kappa shape index (κ1) is 101. The Hall–Kier alpha value is -1.94. The molecule has 612 valence electrons. The fourth-order valence-corrected chi connectivity index (χ4v) is 14.6. The molecule has 0 aliphatic rings. The molecule has 0 aromatic heterocycles. The molecule has 0 heterocycles. The van der Waals surface area contributed by atoms with Gasteiger partial charge in [-0.1, -0.05) is 395 Å². The fraction of sp³-hybridized carbons (Fsp3) is 0.952. The first-order valence-corrected chi connectivity index (χ1v) is 46.5. The summed E-state index contributed by atoms with van der Waals surface area (Å²) in [6, 6.07) is 0. The molecular weight excluding hydrogens is 1340 g/mol. The lowest BCUT2D eigenvalue weighted by Crippen LogP contribution is -2.30. The van der Waals surface area contributed by atoms with Gasteiger partial charge < -0.3 is 33.8 Å². The third-order valence-electron chi connectivity index (χ3n) is 19.7. The number of aliphatic hydroxyl groups is 1. The van der Waals surface area contributed by atoms with Crippen molar-refractivity contribution in [2.75, 3.05) is 39.6 Å². The molecule has 5 atom stereocenters. The topological polar surface area (TPSA) is 237 Å². The zero-order valence-corrected chi connectivity index (χ0v) is 69.4. The molecule has 17 nitrogen and oxygen atoms in total. The van der Waals surface area contributed by atoms with E-state index in [9.17, 15) is 43.2 Å². The summed E-state index contributed by atoms with van der Waals surface area (Å²) in [5, 5.41) is 10.7. The highest BCUT2D eigenvalue weighted by molar-refractivity contribution is 7.47. The Morgan fingerprint density at radius 1 is 0.262 bits per heavy atom. The highest BCUT2D eigenvalue weighted by atomic mass is 31.2. The molecule has 19 heteroatoms. The summed E-state index contributed by atoms with van der Waals surface area (Å²) in [5.41, 5.74) is 0. The van der Waals surface area contributed by atoms with E-state index in [-0.39, 0.29) is 25.7 Å². The summed E-state index contributed by atoms with van der Waals surface area (Å²) < 4.78 is 68.8. The number of rotatable bonds is 83. The molecule has 0 aliphatic carbocycles. The number of unbranched alkanes of at least 4 members (excludes halogenated alkanes) is 53. The molecule has 0 aromatic rings. The monoisotopic (exact) mass is 1510 g/mol. The summed E-state index contributed by atoms with van der Waals surface area (Å²) >= 11 is 0. The van der Waals surface area contributed by atoms with Crippen molar-refractivity contribution in [2.24, 2.45) is 11.8 Å². The second kappa shape index (κ2) is 75.5. The van der Waals surface area contributed by atoms with Crippen LogP contribution in [-0.2, 0) is 65.4 Å². The van der Waals surface area contributed by atoms with Gasteiger partial charge in [-0.3, -0.25) is 37.3 Å². The largest absolute Gasteiger partial charge is 0.472 e. The minimum absolute atomic E-state index is 0.107. The molecular formula is C84H164O17P2. The Bertz CT molecular complexity index is 1980. The van der Waals surface area contributed by atoms with Crippen LogP contribution >= 0.6 is 15.6 Å². The second-order valence-electron chi connectivity index (χ2n) is 31.2. The normalized spacial score (nSPS) is 13.9. The predicted octanol–water partition coefficient (Wildman–Crippen LogP) is 25.5. The highest BCUT2D eigenvalue weighted by Gasteiger charge is 2.30. The Morgan fingerprint density at radius 3 is 0.660 bits per heavy atom. The number of hydrogen-bond donors (Lipinski definition) is 3. The number of hydrogen-bond acceptors (Lipinski definition) is 15. The van der Waals surface area contributed by atoms with Crippen LogP contribution in [0.2, 0.25) is 0 Å². The zero-order chi connectivity index (χ0) is 75.6. The maximum absolute atomic E-state index is 13.1. The number of carbonyl (C=O) groups excluding carboxylic acids is 4. The van der Waals surface area contributed by atoms with E-state index in [1.807, 2.05) is 0 Å². The molecule has 0 amide bonds. The van der Waals surface area contributed by atoms with Gasteiger partial charge in [-0.05, 0) is 37.5 Å². The average molecular weight is 1510 g/mol. The Morgan fingerprint density at radius 2 is 0.447 bits per heavy atom. The quantitative estimate of drug-likeness (QED) is 0.0222. The van der Waals surface area contributed by atoms with Crippen molar-refractivity contribution in [3.8, 4) is 0 Å². The summed E-state index contributed by atoms with van der Waals surface area (Å²) in [5.74, 6) is -0.549. The third-order valence-corrected chi connectivity index (χ3v) is 21.6. The molecule has 0 spiro atoms. The summed E-state index contributed by atoms with van der Waals surface area (Å²) in [6.07, 6.45) is 66.6. The first-order valence-electron chi connectivity index (χ1n) is 43.5. The summed E-state index contributed by atoms with van der Waals surface area (Å²) in [7, 11) is -9.92. The van der Waals surface area contributed by atoms with E-state index in [0.717, 1.165) is 102 Å². The lowest BCUT2D eigenvalue weighted by Gasteiger charge is -2.21. The molecule has 0 radical (unpaired) electrons. The Labute approximate surface area is 632 Å². The molecule has 0 aromatic carbocycles. The Balaban J connectivity index is 5.22. The van der Waals surface area contributed by atoms with Crippen LogP contribution in [0.3, 0.4) is 0 Å². The molecule has 2 unspecified atom stereocenters. The van der Waals surface area contributed by atoms with Crippen LogP contribution in [0.15, 0.2) is 0 Å². The standard InChI is InChI=1S/C84H164O17P2/c1-7-9-11-13-15-17-19-20-21-22-23-24-25-26-27-28-31-38-44-50-56-62-68-83(88)100-80(73-95-82(87)67-61-55-49-43-37-32-29-30-35-40-46-52-58-64-76(3)4)75-99-103(92,93)97-71-78(85)70-96-102(90,91)98-74-79(72-94-81(86)66-60-54-48-42-34-18-16-14-12-10-8-2)101-84(89)69-63-57-51-45-39-33-36-41-47-53-59-65-77(5)6/h76-80,85H,7-75H2,1-6H3,(H,90,91)(H,92,93)/t78-,79+,80+/m0/s1. The van der Waals surface area contributed by atoms with Crippen molar-refractivity contribution in [1.29, 1.82) is 0 Å². The summed E-state index contributed by atoms with van der Waals surface area (Å²) in [4.78, 5) is 73.1. The van der Waals surface area contributed by atoms with Crippen LogP contribution < -0.4 is 0 Å². The second-order valence-corrected chi connectivity index (χ2v) is 34.1. The van der Waals surface area contributed by atoms with Crippen LogP contribution in [0.4, 0.5) is 0 Å². The lowest BCUT2D eigenvalue weighted by atomic mass is 10.0. The van der Waals surface area contributed by atoms with Gasteiger partial charge in [0.25, 0.3) is 0 Å². The molecule has 0 fully saturated rings. The number of ether oxygens (including phenoxy) is 4. The maximum atomic E-state index is 13.1. The zero-order valence-electron chi connectivity index (χ0n) is 67.6. The highest BCUT2D eigenvalue weighted by Crippen LogP contribution is 2.45. The van der Waals surface area contributed by atoms with Crippen molar-refractivity contribution < 1.29 is 80.2 Å². The molecule has 0 saturated carbocycles. The third kappa shape index (κ3) is 78.0. The van der Waals surface area contributed by atoms with Crippen LogP contribution in [0.1, 0.15) is 446 Å². The van der Waals surface area contributed by atoms with Gasteiger partial charge in [0.15, 0.2) is 12.2 Å². The van der Waals surface area contributed by atoms with Crippen molar-refractivity contribution in [2.45, 2.75) is 464 Å². The van der Waals surface area contributed by atoms with E-state index in [1.54, 1.807) is 0 Å². The number of esters is 4. The van der Waals surface area contributed by atoms with Crippen molar-refractivity contribution in [1.82, 2.24) is 0 Å². The van der Waals surface area contributed by atoms with Crippen LogP contribution in [0, 0.1) is 11.8 Å². The average Bonchev–Trinajstić information content (AvgIpc) is 0.910. The van der Waals surface area contributed by atoms with Gasteiger partial charge in [0, 0.05) is 25.7 Å². The van der Waals surface area contributed by atoms with Crippen LogP contribution in [-0.4, -0.2) is 96.7 Å². The van der Waals surface area contributed by atoms with E-state index in [0.29, 0.717) is 25.7 Å². The van der Waals surface area contributed by atoms with Crippen molar-refractivity contribution in [3.05, 3.63) is 0 Å². The molecule has 0 rings (SSSR count). The van der Waals surface area contributed by atoms with Gasteiger partial charge in [0.05, 0.1) is 26.4 Å². The van der Waals surface area contributed by atoms with Gasteiger partial charge >= 0.3 is 39.5 Å². The first-order chi connectivity index (χ1) is 49.9. The van der Waals surface area contributed by atoms with Gasteiger partial charge in [-0.25, -0.2) is 9.13 Å². The lowest BCUT2D eigenvalue weighted by molar-refractivity contribution is -0.161. The van der Waals surface area contributed by atoms with E-state index >= 15 is 0 Å². The smallest absolute Gasteiger partial charge is 0.462 e. The van der Waals surface area contributed by atoms with E-state index in [2.05, 4.69) is 41.5 Å². The fourth-order valence-electron chi connectivity index (χ4n) is 13.1. The van der Waals surface area contributed by atoms with Gasteiger partial charge in [0.2, 0.25) is 0 Å². The van der Waals surface area contributed by atoms with Crippen LogP contribution in [0.5, 0.6) is 0 Å². The molecule has 0 saturated heterocycles. The van der Waals surface area contributed by atoms with Gasteiger partial charge in [0.1, 0.15) is 19.3 Å². The number of phosphoric acid groups is 2. The predicted molar refractivity (Wildman–Crippen MR) is 423 cm³/mol. The van der Waals surface area contributed by atoms with E-state index in [4.69, 9.17) is 37.0 Å². The van der Waals surface area contributed by atoms with E-state index < -0.39 is 97.5 Å². The molecule has 0 aliphatic heterocycles. The Kier molecular flexibility index (Phi) is 74.1. The SMILES string of the molecule is CCCCCCCCCCCCCCCCCCCCCCCCC(=O)O[C@H](COC(=O)CCCCCCCCCCCCCCCC(C)C)COP(=O)(O)OC[C@@H](O)COP(=O)(O)OC[C@@H](COC(=O)CCCCCCCCCCCCC)OC(=O)CCCCCCCCCCCCCC(C)C. The molecule has 103 heavy (non-hydrogen) atoms. The number of aliphatic hydroxyl groups excluding tert-OH is 1. The van der Waals surface area contributed by atoms with Gasteiger partial charge in [-0.2, -0.15) is 0 Å². The minimum Gasteiger partial charge on any atom is -0.462 e. The van der Waals surface area contributed by atoms with Crippen molar-refractivity contribution >= 4 is 39.5 Å². The maximum Gasteiger partial charge on any atom is 0.472 e. The summed E-state index contributed by atoms with van der Waals surface area (Å²) in [6.45, 7) is 9.67. The van der Waals surface area contributed by atoms with Crippen molar-refractivity contribution in [3.63, 3.8) is 0 Å². The van der Waals surface area contributed by atoms with Crippen LogP contribution in [0.25, 0.3) is 0 Å². The number of phosphoric ester groups is 2. The van der Waals surface area contributed by atoms with Gasteiger partial charge in [-0.15, -0.1) is 0 Å².